The van der Waals surface area contributed by atoms with Crippen molar-refractivity contribution in [2.75, 3.05) is 24.1 Å². The number of hydrogen-bond acceptors (Lipinski definition) is 1. The fourth-order valence-electron chi connectivity index (χ4n) is 0.534. The molecule has 0 spiro atoms. The van der Waals surface area contributed by atoms with Gasteiger partial charge in [0.1, 0.15) is 0 Å². The van der Waals surface area contributed by atoms with Crippen LogP contribution in [0.2, 0.25) is 0 Å². The van der Waals surface area contributed by atoms with Crippen molar-refractivity contribution in [1.29, 1.82) is 0 Å². The minimum atomic E-state index is -2.45. The molecule has 0 aromatic carbocycles. The molecule has 0 radical (unpaired) electrons. The summed E-state index contributed by atoms with van der Waals surface area (Å²) in [6.07, 6.45) is 1.62. The van der Waals surface area contributed by atoms with E-state index in [0.29, 0.717) is 30.5 Å². The zero-order valence-electron chi connectivity index (χ0n) is 5.52. The van der Waals surface area contributed by atoms with Gasteiger partial charge in [0.2, 0.25) is 0 Å². The van der Waals surface area contributed by atoms with E-state index in [1.165, 1.54) is 0 Å². The van der Waals surface area contributed by atoms with Crippen LogP contribution in [-0.4, -0.2) is 24.1 Å². The molecule has 1 unspecified atom stereocenters. The molecule has 0 amide bonds. The van der Waals surface area contributed by atoms with Gasteiger partial charge in [-0.1, -0.05) is 11.2 Å². The third kappa shape index (κ3) is 5.85. The summed E-state index contributed by atoms with van der Waals surface area (Å²) < 4.78 is 11.2. The van der Waals surface area contributed by atoms with Crippen LogP contribution in [0.15, 0.2) is 0 Å². The maximum absolute atomic E-state index is 11.2. The maximum atomic E-state index is 11.2. The standard InChI is InChI=1S/C5H10Cl3OP/c6-2-1-4-10(8,9)5-3-7/h1-5H2. The fourth-order valence-corrected chi connectivity index (χ4v) is 3.65. The van der Waals surface area contributed by atoms with Crippen LogP contribution in [0, 0.1) is 0 Å². The Bertz CT molecular complexity index is 128. The van der Waals surface area contributed by atoms with Gasteiger partial charge in [-0.05, 0) is 6.42 Å². The van der Waals surface area contributed by atoms with Crippen molar-refractivity contribution in [2.24, 2.45) is 0 Å². The van der Waals surface area contributed by atoms with Gasteiger partial charge >= 0.3 is 0 Å². The lowest BCUT2D eigenvalue weighted by Gasteiger charge is -2.05. The second-order valence-electron chi connectivity index (χ2n) is 1.97. The van der Waals surface area contributed by atoms with Gasteiger partial charge in [0, 0.05) is 24.1 Å². The summed E-state index contributed by atoms with van der Waals surface area (Å²) in [6.45, 7) is -2.45. The molecule has 1 atom stereocenters. The highest BCUT2D eigenvalue weighted by molar-refractivity contribution is 7.89. The van der Waals surface area contributed by atoms with Crippen molar-refractivity contribution in [3.8, 4) is 0 Å². The van der Waals surface area contributed by atoms with E-state index in [9.17, 15) is 4.57 Å². The number of alkyl halides is 2. The van der Waals surface area contributed by atoms with Crippen LogP contribution < -0.4 is 0 Å². The topological polar surface area (TPSA) is 17.1 Å². The Morgan fingerprint density at radius 3 is 2.10 bits per heavy atom. The molecule has 0 aliphatic rings. The first-order valence-electron chi connectivity index (χ1n) is 3.02. The average molecular weight is 223 g/mol. The van der Waals surface area contributed by atoms with Gasteiger partial charge in [0.05, 0.1) is 0 Å². The molecule has 0 heterocycles. The Kier molecular flexibility index (Phi) is 6.34. The van der Waals surface area contributed by atoms with Gasteiger partial charge < -0.3 is 4.57 Å². The molecule has 10 heavy (non-hydrogen) atoms. The molecule has 0 saturated heterocycles. The van der Waals surface area contributed by atoms with Crippen LogP contribution in [0.5, 0.6) is 0 Å². The van der Waals surface area contributed by atoms with Crippen LogP contribution in [0.3, 0.4) is 0 Å². The summed E-state index contributed by atoms with van der Waals surface area (Å²) in [5.41, 5.74) is 0. The molecule has 0 bridgehead atoms. The molecule has 0 aliphatic heterocycles. The minimum absolute atomic E-state index is 0.364. The second kappa shape index (κ2) is 5.71. The predicted molar refractivity (Wildman–Crippen MR) is 49.3 cm³/mol. The molecule has 0 rings (SSSR count). The highest BCUT2D eigenvalue weighted by atomic mass is 35.7. The van der Waals surface area contributed by atoms with Crippen LogP contribution in [-0.2, 0) is 4.57 Å². The van der Waals surface area contributed by atoms with Crippen molar-refractivity contribution in [3.05, 3.63) is 0 Å². The van der Waals surface area contributed by atoms with Gasteiger partial charge in [-0.2, -0.15) is 0 Å². The number of rotatable bonds is 5. The average Bonchev–Trinajstić information content (AvgIpc) is 1.84. The largest absolute Gasteiger partial charge is 0.307 e. The Labute approximate surface area is 76.2 Å². The van der Waals surface area contributed by atoms with Gasteiger partial charge in [0.25, 0.3) is 0 Å². The first-order chi connectivity index (χ1) is 4.62. The molecule has 1 nitrogen and oxygen atoms in total. The first kappa shape index (κ1) is 11.1. The summed E-state index contributed by atoms with van der Waals surface area (Å²) in [6, 6.07) is 0. The van der Waals surface area contributed by atoms with E-state index in [1.807, 2.05) is 0 Å². The molecule has 5 heteroatoms. The Balaban J connectivity index is 3.53. The van der Waals surface area contributed by atoms with Crippen molar-refractivity contribution in [1.82, 2.24) is 0 Å². The third-order valence-corrected chi connectivity index (χ3v) is 4.65. The quantitative estimate of drug-likeness (QED) is 0.516. The summed E-state index contributed by atoms with van der Waals surface area (Å²) in [5.74, 6) is 0.877. The lowest BCUT2D eigenvalue weighted by molar-refractivity contribution is 0.584. The van der Waals surface area contributed by atoms with Gasteiger partial charge in [0.15, 0.2) is 6.49 Å². The van der Waals surface area contributed by atoms with Gasteiger partial charge in [-0.25, -0.2) is 0 Å². The van der Waals surface area contributed by atoms with Crippen LogP contribution >= 0.6 is 40.9 Å². The monoisotopic (exact) mass is 222 g/mol. The molecule has 0 saturated carbocycles. The van der Waals surface area contributed by atoms with Crippen molar-refractivity contribution >= 4 is 40.9 Å². The molecular formula is C5H10Cl3OP. The van der Waals surface area contributed by atoms with Crippen molar-refractivity contribution < 1.29 is 4.57 Å². The van der Waals surface area contributed by atoms with Crippen molar-refractivity contribution in [2.45, 2.75) is 6.42 Å². The molecular weight excluding hydrogens is 213 g/mol. The van der Waals surface area contributed by atoms with Crippen LogP contribution in [0.4, 0.5) is 0 Å². The Morgan fingerprint density at radius 2 is 1.70 bits per heavy atom. The van der Waals surface area contributed by atoms with E-state index < -0.39 is 6.49 Å². The predicted octanol–water partition coefficient (Wildman–Crippen LogP) is 3.37. The van der Waals surface area contributed by atoms with Crippen molar-refractivity contribution in [3.63, 3.8) is 0 Å². The fraction of sp³-hybridized carbons (Fsp3) is 1.00. The van der Waals surface area contributed by atoms with E-state index in [0.717, 1.165) is 0 Å². The minimum Gasteiger partial charge on any atom is -0.307 e. The summed E-state index contributed by atoms with van der Waals surface area (Å²) >= 11 is 16.4. The highest BCUT2D eigenvalue weighted by Gasteiger charge is 2.15. The van der Waals surface area contributed by atoms with E-state index in [1.54, 1.807) is 0 Å². The summed E-state index contributed by atoms with van der Waals surface area (Å²) in [7, 11) is 0. The van der Waals surface area contributed by atoms with E-state index in [2.05, 4.69) is 0 Å². The first-order valence-corrected chi connectivity index (χ1v) is 7.07. The molecule has 0 N–H and O–H groups in total. The molecule has 62 valence electrons. The molecule has 0 fully saturated rings. The zero-order valence-corrected chi connectivity index (χ0v) is 8.69. The zero-order chi connectivity index (χ0) is 8.04. The summed E-state index contributed by atoms with van der Waals surface area (Å²) in [4.78, 5) is 0. The lowest BCUT2D eigenvalue weighted by Crippen LogP contribution is -1.91. The number of hydrogen-bond donors (Lipinski definition) is 0. The normalized spacial score (nSPS) is 16.7. The van der Waals surface area contributed by atoms with Gasteiger partial charge in [-0.15, -0.1) is 23.2 Å². The van der Waals surface area contributed by atoms with E-state index in [4.69, 9.17) is 34.4 Å². The molecule has 0 aliphatic carbocycles. The Hall–Kier alpha value is 1.10. The van der Waals surface area contributed by atoms with Crippen LogP contribution in [0.1, 0.15) is 6.42 Å². The molecule has 0 aromatic heterocycles. The third-order valence-electron chi connectivity index (χ3n) is 1.04. The van der Waals surface area contributed by atoms with Gasteiger partial charge in [-0.3, -0.25) is 0 Å². The Morgan fingerprint density at radius 1 is 1.10 bits per heavy atom. The van der Waals surface area contributed by atoms with E-state index >= 15 is 0 Å². The van der Waals surface area contributed by atoms with E-state index in [-0.39, 0.29) is 0 Å². The maximum Gasteiger partial charge on any atom is 0.170 e. The SMILES string of the molecule is O=P(Cl)(CCCl)CCCCl. The highest BCUT2D eigenvalue weighted by Crippen LogP contribution is 2.51. The van der Waals surface area contributed by atoms with Crippen LogP contribution in [0.25, 0.3) is 0 Å². The number of halogens is 3. The second-order valence-corrected chi connectivity index (χ2v) is 7.05. The smallest absolute Gasteiger partial charge is 0.170 e. The molecule has 0 aromatic rings. The summed E-state index contributed by atoms with van der Waals surface area (Å²) in [5, 5.41) is 0. The lowest BCUT2D eigenvalue weighted by atomic mass is 10.6.